The van der Waals surface area contributed by atoms with Crippen molar-refractivity contribution in [2.75, 3.05) is 14.2 Å². The van der Waals surface area contributed by atoms with Crippen molar-refractivity contribution in [2.45, 2.75) is 44.1 Å². The highest BCUT2D eigenvalue weighted by Crippen LogP contribution is 2.36. The lowest BCUT2D eigenvalue weighted by molar-refractivity contribution is 0.354. The maximum Gasteiger partial charge on any atom is 0.160 e. The van der Waals surface area contributed by atoms with E-state index in [1.165, 1.54) is 24.8 Å². The average molecular weight is 249 g/mol. The minimum Gasteiger partial charge on any atom is -0.493 e. The number of methoxy groups -OCH3 is 2. The Labute approximate surface area is 109 Å². The van der Waals surface area contributed by atoms with Crippen molar-refractivity contribution in [3.05, 3.63) is 23.8 Å². The molecule has 2 N–H and O–H groups in total. The molecule has 0 aromatic heterocycles. The van der Waals surface area contributed by atoms with Gasteiger partial charge in [0.2, 0.25) is 0 Å². The summed E-state index contributed by atoms with van der Waals surface area (Å²) < 4.78 is 10.6. The van der Waals surface area contributed by atoms with Gasteiger partial charge in [-0.15, -0.1) is 0 Å². The van der Waals surface area contributed by atoms with Gasteiger partial charge in [-0.25, -0.2) is 0 Å². The monoisotopic (exact) mass is 249 g/mol. The van der Waals surface area contributed by atoms with Crippen LogP contribution < -0.4 is 15.2 Å². The van der Waals surface area contributed by atoms with Crippen molar-refractivity contribution in [3.63, 3.8) is 0 Å². The molecule has 1 aliphatic rings. The van der Waals surface area contributed by atoms with Crippen molar-refractivity contribution >= 4 is 0 Å². The molecule has 2 atom stereocenters. The molecular formula is C15H23NO2. The molecule has 0 radical (unpaired) electrons. The molecule has 0 aliphatic heterocycles. The first kappa shape index (κ1) is 13.2. The van der Waals surface area contributed by atoms with Gasteiger partial charge >= 0.3 is 0 Å². The van der Waals surface area contributed by atoms with Crippen LogP contribution in [0.1, 0.15) is 43.6 Å². The van der Waals surface area contributed by atoms with E-state index in [0.717, 1.165) is 24.3 Å². The van der Waals surface area contributed by atoms with Crippen LogP contribution in [0.2, 0.25) is 0 Å². The van der Waals surface area contributed by atoms with E-state index in [1.807, 2.05) is 6.07 Å². The summed E-state index contributed by atoms with van der Waals surface area (Å²) in [6.07, 6.45) is 5.99. The van der Waals surface area contributed by atoms with E-state index in [9.17, 15) is 0 Å². The summed E-state index contributed by atoms with van der Waals surface area (Å²) in [6, 6.07) is 6.57. The van der Waals surface area contributed by atoms with Crippen molar-refractivity contribution in [1.29, 1.82) is 0 Å². The second-order valence-corrected chi connectivity index (χ2v) is 5.09. The first-order valence-corrected chi connectivity index (χ1v) is 6.72. The van der Waals surface area contributed by atoms with Crippen molar-refractivity contribution < 1.29 is 9.47 Å². The standard InChI is InChI=1S/C15H23NO2/c1-17-14-8-7-12(10-15(14)18-2)11-5-3-4-6-13(16)9-11/h7-8,10-11,13H,3-6,9,16H2,1-2H3. The van der Waals surface area contributed by atoms with Crippen molar-refractivity contribution in [3.8, 4) is 11.5 Å². The van der Waals surface area contributed by atoms with Gasteiger partial charge in [-0.05, 0) is 42.9 Å². The van der Waals surface area contributed by atoms with Gasteiger partial charge in [0, 0.05) is 6.04 Å². The fourth-order valence-corrected chi connectivity index (χ4v) is 2.81. The summed E-state index contributed by atoms with van der Waals surface area (Å²) in [5.41, 5.74) is 7.46. The molecule has 1 aliphatic carbocycles. The lowest BCUT2D eigenvalue weighted by Gasteiger charge is -2.19. The quantitative estimate of drug-likeness (QED) is 0.837. The van der Waals surface area contributed by atoms with Gasteiger partial charge in [-0.1, -0.05) is 18.9 Å². The molecule has 1 aromatic rings. The molecule has 2 rings (SSSR count). The number of hydrogen-bond acceptors (Lipinski definition) is 3. The predicted octanol–water partition coefficient (Wildman–Crippen LogP) is 3.08. The van der Waals surface area contributed by atoms with Crippen LogP contribution in [0.3, 0.4) is 0 Å². The maximum absolute atomic E-state index is 6.13. The minimum atomic E-state index is 0.339. The third kappa shape index (κ3) is 2.96. The number of rotatable bonds is 3. The lowest BCUT2D eigenvalue weighted by atomic mass is 9.90. The number of nitrogens with two attached hydrogens (primary N) is 1. The van der Waals surface area contributed by atoms with Crippen LogP contribution >= 0.6 is 0 Å². The van der Waals surface area contributed by atoms with E-state index >= 15 is 0 Å². The van der Waals surface area contributed by atoms with Crippen LogP contribution in [-0.4, -0.2) is 20.3 Å². The topological polar surface area (TPSA) is 44.5 Å². The number of ether oxygens (including phenoxy) is 2. The molecule has 18 heavy (non-hydrogen) atoms. The average Bonchev–Trinajstić information content (AvgIpc) is 2.62. The summed E-state index contributed by atoms with van der Waals surface area (Å²) in [5.74, 6) is 2.16. The highest BCUT2D eigenvalue weighted by Gasteiger charge is 2.20. The second-order valence-electron chi connectivity index (χ2n) is 5.09. The third-order valence-corrected chi connectivity index (χ3v) is 3.84. The third-order valence-electron chi connectivity index (χ3n) is 3.84. The SMILES string of the molecule is COc1ccc(C2CCCCC(N)C2)cc1OC. The second kappa shape index (κ2) is 6.10. The maximum atomic E-state index is 6.13. The lowest BCUT2D eigenvalue weighted by Crippen LogP contribution is -2.20. The summed E-state index contributed by atoms with van der Waals surface area (Å²) in [5, 5.41) is 0. The molecule has 1 saturated carbocycles. The summed E-state index contributed by atoms with van der Waals surface area (Å²) in [6.45, 7) is 0. The van der Waals surface area contributed by atoms with Crippen LogP contribution in [-0.2, 0) is 0 Å². The largest absolute Gasteiger partial charge is 0.493 e. The molecule has 0 amide bonds. The Bertz CT molecular complexity index is 392. The van der Waals surface area contributed by atoms with Gasteiger partial charge in [0.05, 0.1) is 14.2 Å². The normalized spacial score (nSPS) is 24.4. The Kier molecular flexibility index (Phi) is 4.48. The highest BCUT2D eigenvalue weighted by molar-refractivity contribution is 5.44. The van der Waals surface area contributed by atoms with Crippen LogP contribution in [0, 0.1) is 0 Å². The van der Waals surface area contributed by atoms with Gasteiger partial charge in [0.1, 0.15) is 0 Å². The Morgan fingerprint density at radius 2 is 1.78 bits per heavy atom. The van der Waals surface area contributed by atoms with E-state index in [0.29, 0.717) is 12.0 Å². The van der Waals surface area contributed by atoms with E-state index in [1.54, 1.807) is 14.2 Å². The van der Waals surface area contributed by atoms with Crippen LogP contribution in [0.5, 0.6) is 11.5 Å². The zero-order chi connectivity index (χ0) is 13.0. The first-order chi connectivity index (χ1) is 8.74. The van der Waals surface area contributed by atoms with Gasteiger partial charge in [0.25, 0.3) is 0 Å². The van der Waals surface area contributed by atoms with E-state index in [-0.39, 0.29) is 0 Å². The molecule has 2 unspecified atom stereocenters. The molecule has 1 fully saturated rings. The molecule has 3 nitrogen and oxygen atoms in total. The number of hydrogen-bond donors (Lipinski definition) is 1. The van der Waals surface area contributed by atoms with Crippen molar-refractivity contribution in [2.24, 2.45) is 5.73 Å². The molecule has 0 bridgehead atoms. The fraction of sp³-hybridized carbons (Fsp3) is 0.600. The van der Waals surface area contributed by atoms with Crippen molar-refractivity contribution in [1.82, 2.24) is 0 Å². The summed E-state index contributed by atoms with van der Waals surface area (Å²) in [4.78, 5) is 0. The highest BCUT2D eigenvalue weighted by atomic mass is 16.5. The fourth-order valence-electron chi connectivity index (χ4n) is 2.81. The first-order valence-electron chi connectivity index (χ1n) is 6.72. The van der Waals surface area contributed by atoms with Gasteiger partial charge in [-0.3, -0.25) is 0 Å². The minimum absolute atomic E-state index is 0.339. The zero-order valence-corrected chi connectivity index (χ0v) is 11.3. The Balaban J connectivity index is 2.21. The molecule has 1 aromatic carbocycles. The van der Waals surface area contributed by atoms with E-state index in [4.69, 9.17) is 15.2 Å². The Hall–Kier alpha value is -1.22. The Morgan fingerprint density at radius 1 is 1.06 bits per heavy atom. The molecule has 100 valence electrons. The Morgan fingerprint density at radius 3 is 2.50 bits per heavy atom. The van der Waals surface area contributed by atoms with Gasteiger partial charge < -0.3 is 15.2 Å². The summed E-state index contributed by atoms with van der Waals surface area (Å²) >= 11 is 0. The molecule has 3 heteroatoms. The predicted molar refractivity (Wildman–Crippen MR) is 73.3 cm³/mol. The van der Waals surface area contributed by atoms with E-state index in [2.05, 4.69) is 12.1 Å². The van der Waals surface area contributed by atoms with Crippen LogP contribution in [0.4, 0.5) is 0 Å². The smallest absolute Gasteiger partial charge is 0.160 e. The van der Waals surface area contributed by atoms with Crippen LogP contribution in [0.25, 0.3) is 0 Å². The summed E-state index contributed by atoms with van der Waals surface area (Å²) in [7, 11) is 3.35. The van der Waals surface area contributed by atoms with Crippen LogP contribution in [0.15, 0.2) is 18.2 Å². The van der Waals surface area contributed by atoms with E-state index < -0.39 is 0 Å². The zero-order valence-electron chi connectivity index (χ0n) is 11.3. The van der Waals surface area contributed by atoms with Gasteiger partial charge in [-0.2, -0.15) is 0 Å². The molecular weight excluding hydrogens is 226 g/mol. The number of benzene rings is 1. The molecule has 0 heterocycles. The molecule has 0 saturated heterocycles. The van der Waals surface area contributed by atoms with Gasteiger partial charge in [0.15, 0.2) is 11.5 Å². The molecule has 0 spiro atoms.